The molecule has 0 spiro atoms. The highest BCUT2D eigenvalue weighted by atomic mass is 32.1. The minimum Gasteiger partial charge on any atom is -0.434 e. The summed E-state index contributed by atoms with van der Waals surface area (Å²) >= 11 is 1.67. The van der Waals surface area contributed by atoms with Crippen molar-refractivity contribution >= 4 is 17.5 Å². The molecule has 0 bridgehead atoms. The van der Waals surface area contributed by atoms with Gasteiger partial charge in [0.1, 0.15) is 12.7 Å². The highest BCUT2D eigenvalue weighted by Crippen LogP contribution is 2.31. The first-order valence-corrected chi connectivity index (χ1v) is 11.7. The summed E-state index contributed by atoms with van der Waals surface area (Å²) in [6, 6.07) is 2.13. The molecule has 27 heavy (non-hydrogen) atoms. The molecule has 0 aromatic carbocycles. The van der Waals surface area contributed by atoms with Gasteiger partial charge in [0.15, 0.2) is 0 Å². The third kappa shape index (κ3) is 9.11. The van der Waals surface area contributed by atoms with E-state index >= 15 is 0 Å². The molecule has 0 unspecified atom stereocenters. The van der Waals surface area contributed by atoms with Gasteiger partial charge in [0.2, 0.25) is 0 Å². The molecule has 0 saturated heterocycles. The second-order valence-corrected chi connectivity index (χ2v) is 8.31. The third-order valence-corrected chi connectivity index (χ3v) is 6.14. The van der Waals surface area contributed by atoms with Crippen molar-refractivity contribution in [2.45, 2.75) is 90.1 Å². The fourth-order valence-corrected chi connectivity index (χ4v) is 4.44. The van der Waals surface area contributed by atoms with Gasteiger partial charge in [-0.1, -0.05) is 71.1 Å². The topological polar surface area (TPSA) is 44.8 Å². The predicted molar refractivity (Wildman–Crippen MR) is 110 cm³/mol. The Morgan fingerprint density at radius 1 is 1.04 bits per heavy atom. The van der Waals surface area contributed by atoms with Gasteiger partial charge in [-0.25, -0.2) is 4.79 Å². The lowest BCUT2D eigenvalue weighted by Crippen LogP contribution is -2.21. The summed E-state index contributed by atoms with van der Waals surface area (Å²) in [7, 11) is 0. The van der Waals surface area contributed by atoms with Gasteiger partial charge in [0, 0.05) is 4.88 Å². The molecule has 5 heteroatoms. The molecule has 154 valence electrons. The molecule has 4 nitrogen and oxygen atoms in total. The van der Waals surface area contributed by atoms with Crippen LogP contribution in [0.4, 0.5) is 4.79 Å². The number of rotatable bonds is 14. The minimum absolute atomic E-state index is 0.136. The first-order valence-electron chi connectivity index (χ1n) is 10.8. The lowest BCUT2D eigenvalue weighted by molar-refractivity contribution is -0.0219. The fourth-order valence-electron chi connectivity index (χ4n) is 3.45. The summed E-state index contributed by atoms with van der Waals surface area (Å²) in [5.74, 6) is 0. The molecule has 0 amide bonds. The van der Waals surface area contributed by atoms with Crippen molar-refractivity contribution < 1.29 is 19.0 Å². The van der Waals surface area contributed by atoms with E-state index in [0.717, 1.165) is 19.3 Å². The van der Waals surface area contributed by atoms with Gasteiger partial charge in [-0.2, -0.15) is 0 Å². The zero-order valence-electron chi connectivity index (χ0n) is 16.9. The Morgan fingerprint density at radius 2 is 1.70 bits per heavy atom. The zero-order chi connectivity index (χ0) is 19.2. The maximum Gasteiger partial charge on any atom is 0.508 e. The number of fused-ring (bicyclic) bond motifs is 1. The summed E-state index contributed by atoms with van der Waals surface area (Å²) in [5.41, 5.74) is 1.31. The number of hydrogen-bond acceptors (Lipinski definition) is 5. The molecule has 1 aromatic heterocycles. The van der Waals surface area contributed by atoms with Crippen molar-refractivity contribution in [1.29, 1.82) is 0 Å². The van der Waals surface area contributed by atoms with E-state index in [-0.39, 0.29) is 12.7 Å². The molecule has 0 N–H and O–H groups in total. The van der Waals surface area contributed by atoms with Crippen molar-refractivity contribution in [2.24, 2.45) is 0 Å². The van der Waals surface area contributed by atoms with E-state index in [9.17, 15) is 4.79 Å². The van der Waals surface area contributed by atoms with Crippen LogP contribution < -0.4 is 0 Å². The Bertz CT molecular complexity index is 514. The Morgan fingerprint density at radius 3 is 2.41 bits per heavy atom. The molecular formula is C22H36O4S. The molecule has 1 atom stereocenters. The minimum atomic E-state index is -0.575. The van der Waals surface area contributed by atoms with E-state index in [0.29, 0.717) is 13.2 Å². The molecule has 1 aliphatic heterocycles. The van der Waals surface area contributed by atoms with E-state index < -0.39 is 6.16 Å². The highest BCUT2D eigenvalue weighted by Gasteiger charge is 2.23. The molecule has 2 rings (SSSR count). The standard InChI is InChI=1S/C22H36O4S/c1-2-3-4-5-6-7-8-9-10-11-12-15-25-22(23)26-18-20-21-19(13-16-24-20)14-17-27-21/h14,17,20H,2-13,15-16,18H2,1H3/t20-/m0/s1. The second kappa shape index (κ2) is 14.0. The maximum atomic E-state index is 11.7. The molecule has 0 radical (unpaired) electrons. The van der Waals surface area contributed by atoms with E-state index in [1.165, 1.54) is 68.2 Å². The van der Waals surface area contributed by atoms with E-state index in [1.54, 1.807) is 11.3 Å². The molecule has 0 fully saturated rings. The summed E-state index contributed by atoms with van der Waals surface area (Å²) in [5, 5.41) is 2.07. The van der Waals surface area contributed by atoms with Crippen LogP contribution in [0.2, 0.25) is 0 Å². The third-order valence-electron chi connectivity index (χ3n) is 5.08. The SMILES string of the molecule is CCCCCCCCCCCCCOC(=O)OC[C@@H]1OCCc2ccsc21. The van der Waals surface area contributed by atoms with Gasteiger partial charge in [0.25, 0.3) is 0 Å². The van der Waals surface area contributed by atoms with Gasteiger partial charge >= 0.3 is 6.16 Å². The maximum absolute atomic E-state index is 11.7. The largest absolute Gasteiger partial charge is 0.508 e. The molecule has 1 aromatic rings. The average Bonchev–Trinajstić information content (AvgIpc) is 3.16. The summed E-state index contributed by atoms with van der Waals surface area (Å²) in [4.78, 5) is 12.9. The number of thiophene rings is 1. The van der Waals surface area contributed by atoms with Crippen LogP contribution in [-0.4, -0.2) is 26.0 Å². The van der Waals surface area contributed by atoms with Gasteiger partial charge in [-0.05, 0) is 29.9 Å². The van der Waals surface area contributed by atoms with Crippen molar-refractivity contribution in [3.05, 3.63) is 21.9 Å². The van der Waals surface area contributed by atoms with Crippen LogP contribution in [0.15, 0.2) is 11.4 Å². The predicted octanol–water partition coefficient (Wildman–Crippen LogP) is 6.83. The Hall–Kier alpha value is -1.07. The van der Waals surface area contributed by atoms with Crippen LogP contribution in [0.5, 0.6) is 0 Å². The number of carbonyl (C=O) groups excluding carboxylic acids is 1. The van der Waals surface area contributed by atoms with Crippen molar-refractivity contribution in [1.82, 2.24) is 0 Å². The zero-order valence-corrected chi connectivity index (χ0v) is 17.7. The highest BCUT2D eigenvalue weighted by molar-refractivity contribution is 7.10. The fraction of sp³-hybridized carbons (Fsp3) is 0.773. The number of ether oxygens (including phenoxy) is 3. The molecule has 2 heterocycles. The summed E-state index contributed by atoms with van der Waals surface area (Å²) < 4.78 is 16.1. The number of hydrogen-bond donors (Lipinski definition) is 0. The first kappa shape index (κ1) is 22.2. The monoisotopic (exact) mass is 396 g/mol. The van der Waals surface area contributed by atoms with Crippen molar-refractivity contribution in [3.63, 3.8) is 0 Å². The molecular weight excluding hydrogens is 360 g/mol. The lowest BCUT2D eigenvalue weighted by atomic mass is 10.1. The van der Waals surface area contributed by atoms with Gasteiger partial charge in [-0.3, -0.25) is 0 Å². The first-order chi connectivity index (χ1) is 13.3. The van der Waals surface area contributed by atoms with Gasteiger partial charge in [0.05, 0.1) is 13.2 Å². The van der Waals surface area contributed by atoms with E-state index in [4.69, 9.17) is 14.2 Å². The normalized spacial score (nSPS) is 16.1. The van der Waals surface area contributed by atoms with Gasteiger partial charge < -0.3 is 14.2 Å². The second-order valence-electron chi connectivity index (χ2n) is 7.36. The Kier molecular flexibility index (Phi) is 11.5. The van der Waals surface area contributed by atoms with Crippen molar-refractivity contribution in [2.75, 3.05) is 19.8 Å². The van der Waals surface area contributed by atoms with E-state index in [1.807, 2.05) is 0 Å². The van der Waals surface area contributed by atoms with Crippen LogP contribution in [0.25, 0.3) is 0 Å². The summed E-state index contributed by atoms with van der Waals surface area (Å²) in [6.07, 6.45) is 14.4. The van der Waals surface area contributed by atoms with E-state index in [2.05, 4.69) is 18.4 Å². The number of unbranched alkanes of at least 4 members (excludes halogenated alkanes) is 10. The molecule has 1 aliphatic rings. The summed E-state index contributed by atoms with van der Waals surface area (Å²) in [6.45, 7) is 3.63. The van der Waals surface area contributed by atoms with Crippen LogP contribution in [0, 0.1) is 0 Å². The lowest BCUT2D eigenvalue weighted by Gasteiger charge is -2.22. The van der Waals surface area contributed by atoms with Crippen LogP contribution >= 0.6 is 11.3 Å². The number of carbonyl (C=O) groups is 1. The quantitative estimate of drug-likeness (QED) is 0.255. The average molecular weight is 397 g/mol. The smallest absolute Gasteiger partial charge is 0.434 e. The van der Waals surface area contributed by atoms with Gasteiger partial charge in [-0.15, -0.1) is 11.3 Å². The van der Waals surface area contributed by atoms with Crippen LogP contribution in [0.3, 0.4) is 0 Å². The Labute approximate surface area is 168 Å². The van der Waals surface area contributed by atoms with Crippen LogP contribution in [-0.2, 0) is 20.6 Å². The molecule has 0 aliphatic carbocycles. The molecule has 0 saturated carbocycles. The van der Waals surface area contributed by atoms with Crippen LogP contribution in [0.1, 0.15) is 94.1 Å². The Balaban J connectivity index is 1.39. The van der Waals surface area contributed by atoms with Crippen molar-refractivity contribution in [3.8, 4) is 0 Å².